The number of hydrogen-bond donors (Lipinski definition) is 0. The molecule has 1 rings (SSSR count). The van der Waals surface area contributed by atoms with Gasteiger partial charge in [-0.15, -0.1) is 0 Å². The van der Waals surface area contributed by atoms with Crippen LogP contribution in [0.1, 0.15) is 24.5 Å². The van der Waals surface area contributed by atoms with E-state index in [-0.39, 0.29) is 0 Å². The summed E-state index contributed by atoms with van der Waals surface area (Å²) < 4.78 is -5.87. The number of alkyl halides is 7. The fourth-order valence-corrected chi connectivity index (χ4v) is 3.07. The number of benzene rings is 1. The van der Waals surface area contributed by atoms with Gasteiger partial charge in [-0.1, -0.05) is 112 Å². The van der Waals surface area contributed by atoms with E-state index in [0.29, 0.717) is 5.56 Å². The molecule has 0 aromatic heterocycles. The first kappa shape index (κ1) is 18.3. The molecule has 0 aliphatic rings. The van der Waals surface area contributed by atoms with E-state index in [1.54, 1.807) is 12.1 Å². The molecule has 0 aliphatic heterocycles. The highest BCUT2D eigenvalue weighted by atomic mass is 35.6. The Morgan fingerprint density at radius 3 is 1.95 bits per heavy atom. The Morgan fingerprint density at radius 1 is 0.947 bits per heavy atom. The smallest absolute Gasteiger partial charge is 0.0930 e. The van der Waals surface area contributed by atoms with Crippen LogP contribution in [0.15, 0.2) is 24.3 Å². The van der Waals surface area contributed by atoms with Gasteiger partial charge in [-0.3, -0.25) is 0 Å². The van der Waals surface area contributed by atoms with Crippen LogP contribution in [-0.4, -0.2) is 8.13 Å². The van der Waals surface area contributed by atoms with E-state index >= 15 is 0 Å². The molecule has 0 aliphatic carbocycles. The summed E-state index contributed by atoms with van der Waals surface area (Å²) in [5.41, 5.74) is 1.27. The van der Waals surface area contributed by atoms with Crippen molar-refractivity contribution >= 4 is 81.2 Å². The average molecular weight is 402 g/mol. The maximum absolute atomic E-state index is 6.31. The molecule has 0 bridgehead atoms. The zero-order valence-electron chi connectivity index (χ0n) is 9.74. The van der Waals surface area contributed by atoms with Crippen molar-refractivity contribution in [1.82, 2.24) is 0 Å². The van der Waals surface area contributed by atoms with Crippen molar-refractivity contribution in [1.29, 1.82) is 0 Å². The predicted molar refractivity (Wildman–Crippen MR) is 88.2 cm³/mol. The summed E-state index contributed by atoms with van der Waals surface area (Å²) in [6.45, 7) is 1.98. The van der Waals surface area contributed by atoms with Crippen molar-refractivity contribution in [3.8, 4) is 0 Å². The Balaban J connectivity index is 3.35. The third-order valence-electron chi connectivity index (χ3n) is 2.47. The lowest BCUT2D eigenvalue weighted by Gasteiger charge is -2.38. The summed E-state index contributed by atoms with van der Waals surface area (Å²) in [5.74, 6) is 0. The third kappa shape index (κ3) is 3.72. The van der Waals surface area contributed by atoms with Gasteiger partial charge >= 0.3 is 0 Å². The van der Waals surface area contributed by atoms with Gasteiger partial charge in [-0.25, -0.2) is 0 Å². The van der Waals surface area contributed by atoms with Gasteiger partial charge in [-0.2, -0.15) is 0 Å². The van der Waals surface area contributed by atoms with Crippen LogP contribution < -0.4 is 0 Å². The van der Waals surface area contributed by atoms with Crippen LogP contribution in [0.5, 0.6) is 0 Å². The first-order valence-electron chi connectivity index (χ1n) is 5.30. The highest BCUT2D eigenvalue weighted by Crippen LogP contribution is 2.61. The summed E-state index contributed by atoms with van der Waals surface area (Å²) in [6.07, 6.45) is 2.71. The molecule has 0 saturated carbocycles. The van der Waals surface area contributed by atoms with Gasteiger partial charge in [-0.05, 0) is 24.0 Å². The summed E-state index contributed by atoms with van der Waals surface area (Å²) in [5, 5.41) is 0. The Morgan fingerprint density at radius 2 is 1.47 bits per heavy atom. The monoisotopic (exact) mass is 399 g/mol. The van der Waals surface area contributed by atoms with Crippen LogP contribution in [0.2, 0.25) is 0 Å². The van der Waals surface area contributed by atoms with Crippen molar-refractivity contribution in [3.63, 3.8) is 0 Å². The van der Waals surface area contributed by atoms with E-state index in [0.717, 1.165) is 12.0 Å². The van der Waals surface area contributed by atoms with Crippen LogP contribution in [0, 0.1) is 6.42 Å². The maximum atomic E-state index is 6.31. The Bertz CT molecular complexity index is 434. The largest absolute Gasteiger partial charge is 0.226 e. The topological polar surface area (TPSA) is 0 Å². The molecule has 0 amide bonds. The van der Waals surface area contributed by atoms with E-state index in [4.69, 9.17) is 81.2 Å². The Hall–Kier alpha value is 1.25. The number of rotatable bonds is 4. The van der Waals surface area contributed by atoms with E-state index in [1.807, 2.05) is 25.5 Å². The molecule has 1 aromatic rings. The Labute approximate surface area is 148 Å². The average Bonchev–Trinajstić information content (AvgIpc) is 2.28. The quantitative estimate of drug-likeness (QED) is 0.485. The zero-order chi connectivity index (χ0) is 14.9. The van der Waals surface area contributed by atoms with Gasteiger partial charge < -0.3 is 0 Å². The molecule has 107 valence electrons. The molecule has 7 heteroatoms. The van der Waals surface area contributed by atoms with Crippen molar-refractivity contribution < 1.29 is 0 Å². The van der Waals surface area contributed by atoms with Gasteiger partial charge in [0.25, 0.3) is 0 Å². The minimum Gasteiger partial charge on any atom is -0.0930 e. The van der Waals surface area contributed by atoms with Crippen molar-refractivity contribution in [2.24, 2.45) is 0 Å². The lowest BCUT2D eigenvalue weighted by atomic mass is 9.98. The van der Waals surface area contributed by atoms with Gasteiger partial charge in [0.1, 0.15) is 0 Å². The molecule has 0 unspecified atom stereocenters. The van der Waals surface area contributed by atoms with Gasteiger partial charge in [0.2, 0.25) is 8.13 Å². The van der Waals surface area contributed by atoms with Crippen molar-refractivity contribution in [2.45, 2.75) is 25.8 Å². The third-order valence-corrected chi connectivity index (χ3v) is 6.40. The maximum Gasteiger partial charge on any atom is 0.226 e. The highest BCUT2D eigenvalue weighted by molar-refractivity contribution is 6.78. The molecular formula is C12H10Cl7. The van der Waals surface area contributed by atoms with Crippen LogP contribution >= 0.6 is 81.2 Å². The van der Waals surface area contributed by atoms with E-state index in [1.165, 1.54) is 0 Å². The molecule has 0 spiro atoms. The molecule has 0 saturated heterocycles. The normalized spacial score (nSPS) is 13.7. The molecule has 1 radical (unpaired) electrons. The fourth-order valence-electron chi connectivity index (χ4n) is 1.53. The van der Waals surface area contributed by atoms with Gasteiger partial charge in [0.15, 0.2) is 4.33 Å². The second kappa shape index (κ2) is 6.57. The second-order valence-electron chi connectivity index (χ2n) is 3.85. The summed E-state index contributed by atoms with van der Waals surface area (Å²) in [7, 11) is 0. The molecule has 0 atom stereocenters. The molecule has 19 heavy (non-hydrogen) atoms. The first-order valence-corrected chi connectivity index (χ1v) is 7.95. The SMILES string of the molecule is CC[CH]c1ccccc1C(Cl)(Cl)C(Cl)(Cl)C(Cl)(Cl)Cl. The van der Waals surface area contributed by atoms with Crippen LogP contribution in [-0.2, 0) is 4.33 Å². The Kier molecular flexibility index (Phi) is 6.32. The first-order chi connectivity index (χ1) is 8.55. The number of halogens is 7. The molecule has 0 nitrogen and oxygen atoms in total. The molecule has 0 heterocycles. The van der Waals surface area contributed by atoms with Crippen LogP contribution in [0.4, 0.5) is 0 Å². The van der Waals surface area contributed by atoms with E-state index < -0.39 is 12.5 Å². The van der Waals surface area contributed by atoms with Crippen LogP contribution in [0.25, 0.3) is 0 Å². The number of hydrogen-bond acceptors (Lipinski definition) is 0. The van der Waals surface area contributed by atoms with Gasteiger partial charge in [0, 0.05) is 0 Å². The molecule has 1 aromatic carbocycles. The summed E-state index contributed by atoms with van der Waals surface area (Å²) in [4.78, 5) is 0. The van der Waals surface area contributed by atoms with E-state index in [9.17, 15) is 0 Å². The summed E-state index contributed by atoms with van der Waals surface area (Å²) in [6, 6.07) is 7.12. The fraction of sp³-hybridized carbons (Fsp3) is 0.417. The lowest BCUT2D eigenvalue weighted by molar-refractivity contribution is 0.695. The molecular weight excluding hydrogens is 392 g/mol. The zero-order valence-corrected chi connectivity index (χ0v) is 15.0. The molecule has 0 N–H and O–H groups in total. The predicted octanol–water partition coefficient (Wildman–Crippen LogP) is 6.82. The van der Waals surface area contributed by atoms with Crippen molar-refractivity contribution in [2.75, 3.05) is 0 Å². The highest BCUT2D eigenvalue weighted by Gasteiger charge is 2.61. The second-order valence-corrected chi connectivity index (χ2v) is 8.78. The summed E-state index contributed by atoms with van der Waals surface area (Å²) >= 11 is 42.1. The standard InChI is InChI=1S/C12H10Cl7/c1-2-5-8-6-3-4-7-9(8)10(13,14)11(15,16)12(17,18)19/h3-7H,2H2,1H3. The lowest BCUT2D eigenvalue weighted by Crippen LogP contribution is -2.45. The minimum absolute atomic E-state index is 0.483. The van der Waals surface area contributed by atoms with Crippen LogP contribution in [0.3, 0.4) is 0 Å². The van der Waals surface area contributed by atoms with E-state index in [2.05, 4.69) is 0 Å². The minimum atomic E-state index is -2.06. The molecule has 0 fully saturated rings. The van der Waals surface area contributed by atoms with Gasteiger partial charge in [0.05, 0.1) is 0 Å². The van der Waals surface area contributed by atoms with Crippen molar-refractivity contribution in [3.05, 3.63) is 41.8 Å².